The summed E-state index contributed by atoms with van der Waals surface area (Å²) < 4.78 is 28.6. The number of methoxy groups -OCH3 is 1. The van der Waals surface area contributed by atoms with Crippen molar-refractivity contribution in [2.75, 3.05) is 12.9 Å². The van der Waals surface area contributed by atoms with Gasteiger partial charge in [-0.25, -0.2) is 13.2 Å². The van der Waals surface area contributed by atoms with Gasteiger partial charge in [0.15, 0.2) is 9.84 Å². The number of hydrogen-bond donors (Lipinski definition) is 2. The monoisotopic (exact) mass is 391 g/mol. The Balaban J connectivity index is 1.99. The fourth-order valence-electron chi connectivity index (χ4n) is 2.46. The molecular weight excluding hydrogens is 370 g/mol. The Morgan fingerprint density at radius 2 is 1.70 bits per heavy atom. The Bertz CT molecular complexity index is 935. The summed E-state index contributed by atoms with van der Waals surface area (Å²) in [7, 11) is -1.88. The molecule has 0 saturated heterocycles. The van der Waals surface area contributed by atoms with E-state index in [9.17, 15) is 23.1 Å². The topological polar surface area (TPSA) is 110 Å². The molecule has 1 amide bonds. The molecule has 7 nitrogen and oxygen atoms in total. The van der Waals surface area contributed by atoms with E-state index < -0.39 is 15.8 Å². The lowest BCUT2D eigenvalue weighted by Gasteiger charge is -2.09. The van der Waals surface area contributed by atoms with Crippen molar-refractivity contribution in [3.8, 4) is 5.75 Å². The number of carboxylic acids is 1. The van der Waals surface area contributed by atoms with Crippen LogP contribution in [0.15, 0.2) is 47.4 Å². The van der Waals surface area contributed by atoms with E-state index in [0.29, 0.717) is 11.1 Å². The van der Waals surface area contributed by atoms with Gasteiger partial charge >= 0.3 is 5.97 Å². The number of rotatable bonds is 8. The predicted octanol–water partition coefficient (Wildman–Crippen LogP) is 2.05. The van der Waals surface area contributed by atoms with Crippen molar-refractivity contribution >= 4 is 21.7 Å². The number of aromatic carboxylic acids is 1. The molecule has 0 bridgehead atoms. The number of benzene rings is 2. The smallest absolute Gasteiger partial charge is 0.339 e. The molecule has 0 spiro atoms. The molecule has 2 rings (SSSR count). The highest BCUT2D eigenvalue weighted by Gasteiger charge is 2.13. The summed E-state index contributed by atoms with van der Waals surface area (Å²) in [6.45, 7) is 1.75. The summed E-state index contributed by atoms with van der Waals surface area (Å²) in [6, 6.07) is 10.9. The second-order valence-corrected chi connectivity index (χ2v) is 8.12. The Morgan fingerprint density at radius 1 is 1.07 bits per heavy atom. The highest BCUT2D eigenvalue weighted by Crippen LogP contribution is 2.20. The summed E-state index contributed by atoms with van der Waals surface area (Å²) in [6.07, 6.45) is 0.0917. The maximum atomic E-state index is 12.1. The summed E-state index contributed by atoms with van der Waals surface area (Å²) in [4.78, 5) is 23.5. The fourth-order valence-corrected chi connectivity index (χ4v) is 3.35. The number of amides is 1. The first-order valence-corrected chi connectivity index (χ1v) is 9.90. The van der Waals surface area contributed by atoms with Gasteiger partial charge in [0.1, 0.15) is 11.3 Å². The maximum Gasteiger partial charge on any atom is 0.339 e. The fraction of sp³-hybridized carbons (Fsp3) is 0.263. The van der Waals surface area contributed by atoms with Crippen molar-refractivity contribution < 1.29 is 27.9 Å². The van der Waals surface area contributed by atoms with Crippen LogP contribution >= 0.6 is 0 Å². The second-order valence-electron chi connectivity index (χ2n) is 5.84. The molecule has 0 atom stereocenters. The van der Waals surface area contributed by atoms with Gasteiger partial charge in [0.25, 0.3) is 0 Å². The van der Waals surface area contributed by atoms with E-state index in [1.807, 2.05) is 0 Å². The van der Waals surface area contributed by atoms with E-state index in [1.165, 1.54) is 31.4 Å². The first-order chi connectivity index (χ1) is 12.8. The summed E-state index contributed by atoms with van der Waals surface area (Å²) in [5.74, 6) is -1.09. The van der Waals surface area contributed by atoms with Crippen molar-refractivity contribution in [1.82, 2.24) is 5.32 Å². The Morgan fingerprint density at radius 3 is 2.26 bits per heavy atom. The number of carbonyl (C=O) groups is 2. The zero-order valence-corrected chi connectivity index (χ0v) is 15.9. The third-order valence-electron chi connectivity index (χ3n) is 4.01. The Kier molecular flexibility index (Phi) is 6.57. The number of ether oxygens (including phenoxy) is 1. The van der Waals surface area contributed by atoms with Gasteiger partial charge in [-0.05, 0) is 35.4 Å². The lowest BCUT2D eigenvalue weighted by atomic mass is 10.1. The van der Waals surface area contributed by atoms with E-state index >= 15 is 0 Å². The third-order valence-corrected chi connectivity index (χ3v) is 5.76. The van der Waals surface area contributed by atoms with Crippen molar-refractivity contribution in [1.29, 1.82) is 0 Å². The van der Waals surface area contributed by atoms with Crippen LogP contribution in [-0.4, -0.2) is 38.3 Å². The molecule has 0 aliphatic heterocycles. The van der Waals surface area contributed by atoms with Crippen LogP contribution in [-0.2, 0) is 27.6 Å². The zero-order valence-electron chi connectivity index (χ0n) is 15.1. The lowest BCUT2D eigenvalue weighted by Crippen LogP contribution is -2.24. The minimum atomic E-state index is -3.27. The van der Waals surface area contributed by atoms with Gasteiger partial charge in [0.2, 0.25) is 5.91 Å². The van der Waals surface area contributed by atoms with E-state index in [4.69, 9.17) is 4.74 Å². The number of hydrogen-bond acceptors (Lipinski definition) is 5. The molecule has 2 aromatic rings. The maximum absolute atomic E-state index is 12.1. The van der Waals surface area contributed by atoms with Crippen LogP contribution in [0.3, 0.4) is 0 Å². The van der Waals surface area contributed by atoms with Gasteiger partial charge < -0.3 is 15.2 Å². The van der Waals surface area contributed by atoms with Gasteiger partial charge in [-0.15, -0.1) is 0 Å². The van der Waals surface area contributed by atoms with Crippen LogP contribution < -0.4 is 10.1 Å². The Hall–Kier alpha value is -2.87. The highest BCUT2D eigenvalue weighted by atomic mass is 32.2. The molecule has 27 heavy (non-hydrogen) atoms. The molecule has 0 heterocycles. The lowest BCUT2D eigenvalue weighted by molar-refractivity contribution is -0.120. The van der Waals surface area contributed by atoms with Gasteiger partial charge in [0.05, 0.1) is 24.2 Å². The van der Waals surface area contributed by atoms with E-state index in [1.54, 1.807) is 25.1 Å². The third kappa shape index (κ3) is 5.30. The molecule has 144 valence electrons. The van der Waals surface area contributed by atoms with Crippen molar-refractivity contribution in [3.63, 3.8) is 0 Å². The molecule has 8 heteroatoms. The van der Waals surface area contributed by atoms with Crippen LogP contribution in [0, 0.1) is 0 Å². The molecule has 2 N–H and O–H groups in total. The van der Waals surface area contributed by atoms with E-state index in [2.05, 4.69) is 5.32 Å². The first-order valence-electron chi connectivity index (χ1n) is 8.25. The average molecular weight is 391 g/mol. The van der Waals surface area contributed by atoms with E-state index in [-0.39, 0.29) is 40.8 Å². The largest absolute Gasteiger partial charge is 0.496 e. The van der Waals surface area contributed by atoms with Crippen LogP contribution in [0.25, 0.3) is 0 Å². The van der Waals surface area contributed by atoms with E-state index in [0.717, 1.165) is 0 Å². The predicted molar refractivity (Wildman–Crippen MR) is 99.7 cm³/mol. The van der Waals surface area contributed by atoms with Crippen molar-refractivity contribution in [2.45, 2.75) is 24.8 Å². The molecule has 0 fully saturated rings. The average Bonchev–Trinajstić information content (AvgIpc) is 2.66. The SMILES string of the molecule is CCS(=O)(=O)c1ccc(CC(=O)NCc2ccc(OC)c(C(=O)O)c2)cc1. The van der Waals surface area contributed by atoms with Crippen LogP contribution in [0.5, 0.6) is 5.75 Å². The van der Waals surface area contributed by atoms with Crippen LogP contribution in [0.1, 0.15) is 28.4 Å². The molecule has 0 unspecified atom stereocenters. The minimum absolute atomic E-state index is 0.0209. The molecule has 0 saturated carbocycles. The van der Waals surface area contributed by atoms with Crippen LogP contribution in [0.2, 0.25) is 0 Å². The minimum Gasteiger partial charge on any atom is -0.496 e. The molecule has 2 aromatic carbocycles. The molecular formula is C19H21NO6S. The number of nitrogens with one attached hydrogen (secondary N) is 1. The normalized spacial score (nSPS) is 11.0. The summed E-state index contributed by atoms with van der Waals surface area (Å²) in [5, 5.41) is 11.9. The summed E-state index contributed by atoms with van der Waals surface area (Å²) >= 11 is 0. The molecule has 0 radical (unpaired) electrons. The number of carboxylic acid groups (broad SMARTS) is 1. The van der Waals surface area contributed by atoms with Crippen molar-refractivity contribution in [2.24, 2.45) is 0 Å². The second kappa shape index (κ2) is 8.68. The molecule has 0 aromatic heterocycles. The van der Waals surface area contributed by atoms with Gasteiger partial charge in [-0.2, -0.15) is 0 Å². The summed E-state index contributed by atoms with van der Waals surface area (Å²) in [5.41, 5.74) is 1.34. The number of sulfone groups is 1. The Labute approximate surface area is 157 Å². The van der Waals surface area contributed by atoms with Gasteiger partial charge in [-0.3, -0.25) is 4.79 Å². The quantitative estimate of drug-likeness (QED) is 0.713. The highest BCUT2D eigenvalue weighted by molar-refractivity contribution is 7.91. The van der Waals surface area contributed by atoms with Crippen molar-refractivity contribution in [3.05, 3.63) is 59.2 Å². The molecule has 0 aliphatic carbocycles. The first kappa shape index (κ1) is 20.4. The van der Waals surface area contributed by atoms with Gasteiger partial charge in [-0.1, -0.05) is 25.1 Å². The standard InChI is InChI=1S/C19H21NO6S/c1-3-27(24,25)15-7-4-13(5-8-15)11-18(21)20-12-14-6-9-17(26-2)16(10-14)19(22)23/h4-10H,3,11-12H2,1-2H3,(H,20,21)(H,22,23). The molecule has 0 aliphatic rings. The zero-order chi connectivity index (χ0) is 20.0. The van der Waals surface area contributed by atoms with Gasteiger partial charge in [0, 0.05) is 6.54 Å². The number of carbonyl (C=O) groups excluding carboxylic acids is 1. The van der Waals surface area contributed by atoms with Crippen LogP contribution in [0.4, 0.5) is 0 Å².